The Hall–Kier alpha value is -1.07. The highest BCUT2D eigenvalue weighted by Crippen LogP contribution is 2.28. The molecule has 2 aromatic rings. The van der Waals surface area contributed by atoms with Crippen LogP contribution in [0.15, 0.2) is 24.3 Å². The molecule has 0 fully saturated rings. The van der Waals surface area contributed by atoms with Gasteiger partial charge in [-0.1, -0.05) is 35.3 Å². The molecular weight excluding hydrogens is 283 g/mol. The van der Waals surface area contributed by atoms with Crippen molar-refractivity contribution in [1.29, 1.82) is 0 Å². The van der Waals surface area contributed by atoms with Crippen LogP contribution < -0.4 is 11.3 Å². The standard InChI is InChI=1S/C13H16Cl2N4/c1-8-6-12(18-19(8)2)11(17-16)7-9-4-3-5-10(14)13(9)15/h3-6,11,17H,7,16H2,1-2H3. The van der Waals surface area contributed by atoms with Gasteiger partial charge in [-0.05, 0) is 31.0 Å². The summed E-state index contributed by atoms with van der Waals surface area (Å²) >= 11 is 12.2. The topological polar surface area (TPSA) is 55.9 Å². The molecule has 0 bridgehead atoms. The summed E-state index contributed by atoms with van der Waals surface area (Å²) in [6.07, 6.45) is 0.631. The molecule has 0 amide bonds. The van der Waals surface area contributed by atoms with Crippen LogP contribution >= 0.6 is 23.2 Å². The molecule has 1 aromatic heterocycles. The fraction of sp³-hybridized carbons (Fsp3) is 0.308. The Morgan fingerprint density at radius 2 is 2.16 bits per heavy atom. The number of hydrogen-bond donors (Lipinski definition) is 2. The Bertz CT molecular complexity index is 561. The van der Waals surface area contributed by atoms with Crippen molar-refractivity contribution >= 4 is 23.2 Å². The summed E-state index contributed by atoms with van der Waals surface area (Å²) in [5.74, 6) is 5.62. The van der Waals surface area contributed by atoms with E-state index in [0.717, 1.165) is 17.0 Å². The van der Waals surface area contributed by atoms with Gasteiger partial charge in [-0.15, -0.1) is 0 Å². The molecule has 1 unspecified atom stereocenters. The van der Waals surface area contributed by atoms with E-state index in [-0.39, 0.29) is 6.04 Å². The van der Waals surface area contributed by atoms with Crippen molar-refractivity contribution < 1.29 is 0 Å². The lowest BCUT2D eigenvalue weighted by atomic mass is 10.0. The molecule has 0 radical (unpaired) electrons. The van der Waals surface area contributed by atoms with Crippen molar-refractivity contribution in [3.8, 4) is 0 Å². The summed E-state index contributed by atoms with van der Waals surface area (Å²) in [6.45, 7) is 2.00. The van der Waals surface area contributed by atoms with E-state index in [4.69, 9.17) is 29.0 Å². The predicted octanol–water partition coefficient (Wildman–Crippen LogP) is 2.78. The second kappa shape index (κ2) is 5.92. The summed E-state index contributed by atoms with van der Waals surface area (Å²) < 4.78 is 1.82. The third-order valence-electron chi connectivity index (χ3n) is 3.15. The van der Waals surface area contributed by atoms with Gasteiger partial charge < -0.3 is 0 Å². The first-order valence-electron chi connectivity index (χ1n) is 5.92. The maximum Gasteiger partial charge on any atom is 0.0813 e. The second-order valence-corrected chi connectivity index (χ2v) is 5.26. The zero-order valence-corrected chi connectivity index (χ0v) is 12.3. The lowest BCUT2D eigenvalue weighted by Gasteiger charge is -2.14. The van der Waals surface area contributed by atoms with Crippen LogP contribution in [-0.4, -0.2) is 9.78 Å². The van der Waals surface area contributed by atoms with Crippen molar-refractivity contribution in [3.63, 3.8) is 0 Å². The number of benzene rings is 1. The van der Waals surface area contributed by atoms with Gasteiger partial charge in [0.2, 0.25) is 0 Å². The molecule has 1 aromatic carbocycles. The predicted molar refractivity (Wildman–Crippen MR) is 78.2 cm³/mol. The maximum atomic E-state index is 6.19. The molecule has 102 valence electrons. The summed E-state index contributed by atoms with van der Waals surface area (Å²) in [7, 11) is 1.90. The van der Waals surface area contributed by atoms with Crippen LogP contribution in [0.4, 0.5) is 0 Å². The van der Waals surface area contributed by atoms with Gasteiger partial charge in [-0.25, -0.2) is 0 Å². The minimum Gasteiger partial charge on any atom is -0.273 e. The van der Waals surface area contributed by atoms with E-state index in [1.54, 1.807) is 6.07 Å². The largest absolute Gasteiger partial charge is 0.273 e. The van der Waals surface area contributed by atoms with Crippen molar-refractivity contribution in [1.82, 2.24) is 15.2 Å². The van der Waals surface area contributed by atoms with Crippen LogP contribution in [0.3, 0.4) is 0 Å². The highest BCUT2D eigenvalue weighted by Gasteiger charge is 2.17. The number of halogens is 2. The van der Waals surface area contributed by atoms with E-state index in [1.807, 2.05) is 36.9 Å². The average molecular weight is 299 g/mol. The van der Waals surface area contributed by atoms with Gasteiger partial charge in [0, 0.05) is 12.7 Å². The third kappa shape index (κ3) is 3.09. The van der Waals surface area contributed by atoms with Crippen LogP contribution in [0, 0.1) is 6.92 Å². The van der Waals surface area contributed by atoms with E-state index in [9.17, 15) is 0 Å². The molecule has 0 saturated carbocycles. The number of aryl methyl sites for hydroxylation is 2. The number of hydrazine groups is 1. The van der Waals surface area contributed by atoms with Crippen molar-refractivity contribution in [2.45, 2.75) is 19.4 Å². The summed E-state index contributed by atoms with van der Waals surface area (Å²) in [4.78, 5) is 0. The monoisotopic (exact) mass is 298 g/mol. The highest BCUT2D eigenvalue weighted by molar-refractivity contribution is 6.42. The van der Waals surface area contributed by atoms with Crippen molar-refractivity contribution in [2.24, 2.45) is 12.9 Å². The minimum atomic E-state index is -0.101. The van der Waals surface area contributed by atoms with Gasteiger partial charge in [0.15, 0.2) is 0 Å². The van der Waals surface area contributed by atoms with Crippen molar-refractivity contribution in [3.05, 3.63) is 51.3 Å². The molecule has 1 heterocycles. The van der Waals surface area contributed by atoms with Gasteiger partial charge in [-0.2, -0.15) is 5.10 Å². The Labute approximate surface area is 122 Å². The average Bonchev–Trinajstić information content (AvgIpc) is 2.71. The van der Waals surface area contributed by atoms with Gasteiger partial charge >= 0.3 is 0 Å². The number of hydrogen-bond acceptors (Lipinski definition) is 3. The second-order valence-electron chi connectivity index (χ2n) is 4.47. The number of nitrogens with one attached hydrogen (secondary N) is 1. The van der Waals surface area contributed by atoms with Gasteiger partial charge in [0.05, 0.1) is 21.8 Å². The van der Waals surface area contributed by atoms with Gasteiger partial charge in [0.25, 0.3) is 0 Å². The van der Waals surface area contributed by atoms with E-state index in [2.05, 4.69) is 10.5 Å². The summed E-state index contributed by atoms with van der Waals surface area (Å²) in [6, 6.07) is 7.48. The van der Waals surface area contributed by atoms with E-state index in [0.29, 0.717) is 16.5 Å². The number of nitrogens with zero attached hydrogens (tertiary/aromatic N) is 2. The molecule has 6 heteroatoms. The Morgan fingerprint density at radius 1 is 1.42 bits per heavy atom. The number of aromatic nitrogens is 2. The SMILES string of the molecule is Cc1cc(C(Cc2cccc(Cl)c2Cl)NN)nn1C. The normalized spacial score (nSPS) is 12.7. The minimum absolute atomic E-state index is 0.101. The number of nitrogens with two attached hydrogens (primary N) is 1. The summed E-state index contributed by atoms with van der Waals surface area (Å²) in [5.41, 5.74) is 5.69. The Kier molecular flexibility index (Phi) is 4.47. The smallest absolute Gasteiger partial charge is 0.0813 e. The molecule has 4 nitrogen and oxygen atoms in total. The van der Waals surface area contributed by atoms with Crippen LogP contribution in [0.1, 0.15) is 23.0 Å². The molecule has 0 aliphatic rings. The molecule has 1 atom stereocenters. The lowest BCUT2D eigenvalue weighted by molar-refractivity contribution is 0.529. The fourth-order valence-corrected chi connectivity index (χ4v) is 2.33. The molecule has 0 aliphatic heterocycles. The fourth-order valence-electron chi connectivity index (χ4n) is 1.93. The molecule has 0 aliphatic carbocycles. The Balaban J connectivity index is 2.26. The zero-order chi connectivity index (χ0) is 14.0. The molecule has 2 rings (SSSR count). The number of rotatable bonds is 4. The van der Waals surface area contributed by atoms with Gasteiger partial charge in [-0.3, -0.25) is 16.0 Å². The first kappa shape index (κ1) is 14.3. The van der Waals surface area contributed by atoms with E-state index >= 15 is 0 Å². The maximum absolute atomic E-state index is 6.19. The molecule has 19 heavy (non-hydrogen) atoms. The van der Waals surface area contributed by atoms with Gasteiger partial charge in [0.1, 0.15) is 0 Å². The van der Waals surface area contributed by atoms with E-state index < -0.39 is 0 Å². The molecule has 0 saturated heterocycles. The quantitative estimate of drug-likeness (QED) is 0.674. The molecular formula is C13H16Cl2N4. The van der Waals surface area contributed by atoms with Crippen LogP contribution in [0.2, 0.25) is 10.0 Å². The van der Waals surface area contributed by atoms with E-state index in [1.165, 1.54) is 0 Å². The Morgan fingerprint density at radius 3 is 2.74 bits per heavy atom. The molecule has 3 N–H and O–H groups in total. The molecule has 0 spiro atoms. The van der Waals surface area contributed by atoms with Crippen molar-refractivity contribution in [2.75, 3.05) is 0 Å². The first-order chi connectivity index (χ1) is 9.02. The van der Waals surface area contributed by atoms with Crippen LogP contribution in [-0.2, 0) is 13.5 Å². The van der Waals surface area contributed by atoms with Crippen LogP contribution in [0.5, 0.6) is 0 Å². The zero-order valence-electron chi connectivity index (χ0n) is 10.8. The summed E-state index contributed by atoms with van der Waals surface area (Å²) in [5, 5.41) is 5.54. The van der Waals surface area contributed by atoms with Crippen LogP contribution in [0.25, 0.3) is 0 Å². The third-order valence-corrected chi connectivity index (χ3v) is 4.00. The lowest BCUT2D eigenvalue weighted by Crippen LogP contribution is -2.30. The highest BCUT2D eigenvalue weighted by atomic mass is 35.5. The first-order valence-corrected chi connectivity index (χ1v) is 6.68.